The third kappa shape index (κ3) is 4.51. The average molecular weight is 301 g/mol. The van der Waals surface area contributed by atoms with E-state index in [1.54, 1.807) is 48.5 Å². The maximum atomic E-state index is 11.8. The summed E-state index contributed by atoms with van der Waals surface area (Å²) >= 11 is 5.95. The normalized spacial score (nSPS) is 9.71. The van der Waals surface area contributed by atoms with Gasteiger partial charge in [0.15, 0.2) is 6.61 Å². The number of rotatable bonds is 5. The lowest BCUT2D eigenvalue weighted by Gasteiger charge is -2.08. The van der Waals surface area contributed by atoms with Crippen molar-refractivity contribution in [2.45, 2.75) is 6.42 Å². The average Bonchev–Trinajstić information content (AvgIpc) is 2.49. The molecule has 1 N–H and O–H groups in total. The SMILES string of the molecule is N#CCc1ccc(OCC(=O)Nc2ccccc2Cl)cc1. The van der Waals surface area contributed by atoms with Gasteiger partial charge in [-0.1, -0.05) is 35.9 Å². The lowest BCUT2D eigenvalue weighted by Crippen LogP contribution is -2.20. The fourth-order valence-electron chi connectivity index (χ4n) is 1.69. The zero-order valence-corrected chi connectivity index (χ0v) is 11.9. The van der Waals surface area contributed by atoms with Crippen LogP contribution in [0.2, 0.25) is 5.02 Å². The van der Waals surface area contributed by atoms with Crippen LogP contribution in [0, 0.1) is 11.3 Å². The minimum Gasteiger partial charge on any atom is -0.484 e. The lowest BCUT2D eigenvalue weighted by atomic mass is 10.2. The zero-order valence-electron chi connectivity index (χ0n) is 11.2. The number of benzene rings is 2. The van der Waals surface area contributed by atoms with Gasteiger partial charge in [0.25, 0.3) is 5.91 Å². The Morgan fingerprint density at radius 2 is 1.90 bits per heavy atom. The quantitative estimate of drug-likeness (QED) is 0.920. The number of nitriles is 1. The van der Waals surface area contributed by atoms with Crippen LogP contribution in [0.25, 0.3) is 0 Å². The Bertz CT molecular complexity index is 663. The topological polar surface area (TPSA) is 62.1 Å². The Morgan fingerprint density at radius 1 is 1.19 bits per heavy atom. The van der Waals surface area contributed by atoms with E-state index in [1.165, 1.54) is 0 Å². The van der Waals surface area contributed by atoms with E-state index >= 15 is 0 Å². The van der Waals surface area contributed by atoms with Crippen LogP contribution >= 0.6 is 11.6 Å². The van der Waals surface area contributed by atoms with Crippen LogP contribution in [-0.2, 0) is 11.2 Å². The van der Waals surface area contributed by atoms with Crippen LogP contribution in [0.1, 0.15) is 5.56 Å². The van der Waals surface area contributed by atoms with E-state index in [9.17, 15) is 4.79 Å². The number of ether oxygens (including phenoxy) is 1. The molecule has 2 aromatic carbocycles. The highest BCUT2D eigenvalue weighted by molar-refractivity contribution is 6.33. The number of para-hydroxylation sites is 1. The van der Waals surface area contributed by atoms with Gasteiger partial charge in [-0.15, -0.1) is 0 Å². The molecule has 2 rings (SSSR count). The van der Waals surface area contributed by atoms with E-state index in [0.717, 1.165) is 5.56 Å². The lowest BCUT2D eigenvalue weighted by molar-refractivity contribution is -0.118. The van der Waals surface area contributed by atoms with Gasteiger partial charge >= 0.3 is 0 Å². The van der Waals surface area contributed by atoms with E-state index in [2.05, 4.69) is 11.4 Å². The van der Waals surface area contributed by atoms with Crippen LogP contribution in [0.5, 0.6) is 5.75 Å². The Labute approximate surface area is 127 Å². The zero-order chi connectivity index (χ0) is 15.1. The minimum atomic E-state index is -0.288. The number of carbonyl (C=O) groups excluding carboxylic acids is 1. The molecule has 1 amide bonds. The molecule has 0 saturated heterocycles. The molecule has 5 heteroatoms. The molecular formula is C16H13ClN2O2. The molecule has 106 valence electrons. The first kappa shape index (κ1) is 14.9. The van der Waals surface area contributed by atoms with Crippen LogP contribution in [0.15, 0.2) is 48.5 Å². The summed E-state index contributed by atoms with van der Waals surface area (Å²) in [5.74, 6) is 0.287. The second kappa shape index (κ2) is 7.32. The van der Waals surface area contributed by atoms with Gasteiger partial charge in [-0.05, 0) is 29.8 Å². The highest BCUT2D eigenvalue weighted by atomic mass is 35.5. The third-order valence-electron chi connectivity index (χ3n) is 2.72. The largest absolute Gasteiger partial charge is 0.484 e. The highest BCUT2D eigenvalue weighted by Crippen LogP contribution is 2.20. The van der Waals surface area contributed by atoms with Gasteiger partial charge in [0, 0.05) is 0 Å². The first-order valence-corrected chi connectivity index (χ1v) is 6.70. The van der Waals surface area contributed by atoms with Crippen molar-refractivity contribution >= 4 is 23.2 Å². The molecule has 0 aliphatic carbocycles. The second-order valence-corrected chi connectivity index (χ2v) is 4.70. The molecule has 0 spiro atoms. The van der Waals surface area contributed by atoms with Gasteiger partial charge in [0.1, 0.15) is 5.75 Å². The van der Waals surface area contributed by atoms with E-state index in [-0.39, 0.29) is 12.5 Å². The summed E-state index contributed by atoms with van der Waals surface area (Å²) < 4.78 is 5.37. The number of hydrogen-bond donors (Lipinski definition) is 1. The van der Waals surface area contributed by atoms with Crippen LogP contribution < -0.4 is 10.1 Å². The summed E-state index contributed by atoms with van der Waals surface area (Å²) in [4.78, 5) is 11.8. The molecule has 0 atom stereocenters. The molecule has 0 fully saturated rings. The number of carbonyl (C=O) groups is 1. The summed E-state index contributed by atoms with van der Waals surface area (Å²) in [6, 6.07) is 16.1. The van der Waals surface area contributed by atoms with Crippen LogP contribution in [-0.4, -0.2) is 12.5 Å². The van der Waals surface area contributed by atoms with E-state index in [0.29, 0.717) is 22.9 Å². The molecule has 2 aromatic rings. The molecule has 0 radical (unpaired) electrons. The smallest absolute Gasteiger partial charge is 0.262 e. The summed E-state index contributed by atoms with van der Waals surface area (Å²) in [6.07, 6.45) is 0.354. The number of nitrogens with zero attached hydrogens (tertiary/aromatic N) is 1. The van der Waals surface area contributed by atoms with Crippen molar-refractivity contribution in [2.75, 3.05) is 11.9 Å². The van der Waals surface area contributed by atoms with Crippen molar-refractivity contribution in [3.8, 4) is 11.8 Å². The Morgan fingerprint density at radius 3 is 2.57 bits per heavy atom. The molecular weight excluding hydrogens is 288 g/mol. The standard InChI is InChI=1S/C16H13ClN2O2/c17-14-3-1-2-4-15(14)19-16(20)11-21-13-7-5-12(6-8-13)9-10-18/h1-8H,9,11H2,(H,19,20). The molecule has 0 unspecified atom stereocenters. The molecule has 0 aliphatic rings. The Balaban J connectivity index is 1.87. The summed E-state index contributed by atoms with van der Waals surface area (Å²) in [6.45, 7) is -0.108. The fourth-order valence-corrected chi connectivity index (χ4v) is 1.88. The van der Waals surface area contributed by atoms with Crippen molar-refractivity contribution in [1.29, 1.82) is 5.26 Å². The molecule has 21 heavy (non-hydrogen) atoms. The van der Waals surface area contributed by atoms with Gasteiger partial charge in [-0.3, -0.25) is 4.79 Å². The number of anilines is 1. The summed E-state index contributed by atoms with van der Waals surface area (Å²) in [7, 11) is 0. The van der Waals surface area contributed by atoms with Crippen molar-refractivity contribution in [3.05, 3.63) is 59.1 Å². The minimum absolute atomic E-state index is 0.108. The number of amides is 1. The number of halogens is 1. The van der Waals surface area contributed by atoms with Crippen LogP contribution in [0.4, 0.5) is 5.69 Å². The van der Waals surface area contributed by atoms with Crippen molar-refractivity contribution in [3.63, 3.8) is 0 Å². The molecule has 0 aromatic heterocycles. The number of hydrogen-bond acceptors (Lipinski definition) is 3. The monoisotopic (exact) mass is 300 g/mol. The van der Waals surface area contributed by atoms with Gasteiger partial charge in [0.05, 0.1) is 23.2 Å². The molecule has 4 nitrogen and oxygen atoms in total. The maximum Gasteiger partial charge on any atom is 0.262 e. The number of nitrogens with one attached hydrogen (secondary N) is 1. The molecule has 0 aliphatic heterocycles. The summed E-state index contributed by atoms with van der Waals surface area (Å²) in [5.41, 5.74) is 1.46. The fraction of sp³-hybridized carbons (Fsp3) is 0.125. The summed E-state index contributed by atoms with van der Waals surface area (Å²) in [5, 5.41) is 11.7. The first-order chi connectivity index (χ1) is 10.2. The first-order valence-electron chi connectivity index (χ1n) is 6.32. The van der Waals surface area contributed by atoms with E-state index in [4.69, 9.17) is 21.6 Å². The molecule has 0 bridgehead atoms. The van der Waals surface area contributed by atoms with E-state index < -0.39 is 0 Å². The second-order valence-electron chi connectivity index (χ2n) is 4.30. The predicted octanol–water partition coefficient (Wildman–Crippen LogP) is 3.42. The molecule has 0 saturated carbocycles. The Kier molecular flexibility index (Phi) is 5.19. The third-order valence-corrected chi connectivity index (χ3v) is 3.05. The van der Waals surface area contributed by atoms with Crippen molar-refractivity contribution in [1.82, 2.24) is 0 Å². The maximum absolute atomic E-state index is 11.8. The van der Waals surface area contributed by atoms with E-state index in [1.807, 2.05) is 0 Å². The Hall–Kier alpha value is -2.51. The highest BCUT2D eigenvalue weighted by Gasteiger charge is 2.06. The van der Waals surface area contributed by atoms with Gasteiger partial charge in [-0.25, -0.2) is 0 Å². The predicted molar refractivity (Wildman–Crippen MR) is 81.3 cm³/mol. The van der Waals surface area contributed by atoms with Gasteiger partial charge in [-0.2, -0.15) is 5.26 Å². The van der Waals surface area contributed by atoms with Crippen molar-refractivity contribution < 1.29 is 9.53 Å². The van der Waals surface area contributed by atoms with Gasteiger partial charge < -0.3 is 10.1 Å². The van der Waals surface area contributed by atoms with Crippen LogP contribution in [0.3, 0.4) is 0 Å². The van der Waals surface area contributed by atoms with Crippen molar-refractivity contribution in [2.24, 2.45) is 0 Å². The molecule has 0 heterocycles. The van der Waals surface area contributed by atoms with Gasteiger partial charge in [0.2, 0.25) is 0 Å².